The Kier molecular flexibility index (Phi) is 7.39. The van der Waals surface area contributed by atoms with Crippen molar-refractivity contribution >= 4 is 10.9 Å². The van der Waals surface area contributed by atoms with Gasteiger partial charge in [0.2, 0.25) is 12.2 Å². The predicted molar refractivity (Wildman–Crippen MR) is 125 cm³/mol. The third-order valence-electron chi connectivity index (χ3n) is 5.98. The van der Waals surface area contributed by atoms with Crippen LogP contribution in [0.3, 0.4) is 0 Å². The lowest BCUT2D eigenvalue weighted by Gasteiger charge is -2.39. The molecule has 34 heavy (non-hydrogen) atoms. The lowest BCUT2D eigenvalue weighted by Crippen LogP contribution is -2.60. The molecule has 0 spiro atoms. The predicted octanol–water partition coefficient (Wildman–Crippen LogP) is 1.79. The normalized spacial score (nSPS) is 25.1. The van der Waals surface area contributed by atoms with Crippen LogP contribution < -0.4 is 9.47 Å². The van der Waals surface area contributed by atoms with E-state index in [1.54, 1.807) is 0 Å². The molecule has 4 rings (SSSR count). The van der Waals surface area contributed by atoms with Gasteiger partial charge in [-0.25, -0.2) is 0 Å². The van der Waals surface area contributed by atoms with Gasteiger partial charge in [0.25, 0.3) is 0 Å². The van der Waals surface area contributed by atoms with Gasteiger partial charge in [-0.1, -0.05) is 24.3 Å². The lowest BCUT2D eigenvalue weighted by molar-refractivity contribution is -0.278. The van der Waals surface area contributed by atoms with Crippen molar-refractivity contribution in [1.29, 1.82) is 0 Å². The minimum Gasteiger partial charge on any atom is -0.494 e. The van der Waals surface area contributed by atoms with Crippen molar-refractivity contribution in [3.63, 3.8) is 0 Å². The van der Waals surface area contributed by atoms with Crippen LogP contribution in [0.25, 0.3) is 10.9 Å². The van der Waals surface area contributed by atoms with Crippen LogP contribution in [0.2, 0.25) is 0 Å². The molecule has 4 N–H and O–H groups in total. The van der Waals surface area contributed by atoms with Gasteiger partial charge >= 0.3 is 0 Å². The molecule has 5 atom stereocenters. The maximum Gasteiger partial charge on any atom is 0.243 e. The molecule has 0 aliphatic carbocycles. The van der Waals surface area contributed by atoms with E-state index in [4.69, 9.17) is 14.2 Å². The van der Waals surface area contributed by atoms with Gasteiger partial charge in [0.15, 0.2) is 0 Å². The van der Waals surface area contributed by atoms with Gasteiger partial charge < -0.3 is 34.6 Å². The van der Waals surface area contributed by atoms with Crippen molar-refractivity contribution in [3.05, 3.63) is 53.6 Å². The largest absolute Gasteiger partial charge is 0.494 e. The molecule has 0 unspecified atom stereocenters. The van der Waals surface area contributed by atoms with Gasteiger partial charge in [-0.3, -0.25) is 4.68 Å². The Morgan fingerprint density at radius 1 is 1.03 bits per heavy atom. The van der Waals surface area contributed by atoms with Crippen LogP contribution in [0.4, 0.5) is 0 Å². The summed E-state index contributed by atoms with van der Waals surface area (Å²) in [5.41, 5.74) is 2.90. The fourth-order valence-corrected chi connectivity index (χ4v) is 4.21. The first-order chi connectivity index (χ1) is 16.3. The van der Waals surface area contributed by atoms with E-state index >= 15 is 0 Å². The standard InChI is InChI=1S/C25H32N2O7/c1-4-32-17-10-8-15(9-11-17)12-16-6-5-7-18-20(16)24(26-27(18)14(2)3)34-25-23(31)22(30)21(29)19(13-28)33-25/h5-11,14,19,21-23,25,28-31H,4,12-13H2,1-3H3/t19-,21-,22+,23-,25+/m1/s1. The second-order valence-corrected chi connectivity index (χ2v) is 8.72. The average molecular weight is 473 g/mol. The molecule has 9 nitrogen and oxygen atoms in total. The summed E-state index contributed by atoms with van der Waals surface area (Å²) in [5, 5.41) is 45.6. The van der Waals surface area contributed by atoms with Gasteiger partial charge in [-0.15, -0.1) is 5.10 Å². The van der Waals surface area contributed by atoms with E-state index in [9.17, 15) is 20.4 Å². The number of hydrogen-bond donors (Lipinski definition) is 4. The number of aliphatic hydroxyl groups is 4. The molecule has 184 valence electrons. The van der Waals surface area contributed by atoms with Crippen LogP contribution in [0, 0.1) is 0 Å². The van der Waals surface area contributed by atoms with Crippen LogP contribution in [-0.4, -0.2) is 74.1 Å². The smallest absolute Gasteiger partial charge is 0.243 e. The van der Waals surface area contributed by atoms with Crippen LogP contribution in [0.1, 0.15) is 37.9 Å². The van der Waals surface area contributed by atoms with Crippen LogP contribution in [0.5, 0.6) is 11.6 Å². The van der Waals surface area contributed by atoms with E-state index in [1.165, 1.54) is 0 Å². The highest BCUT2D eigenvalue weighted by Crippen LogP contribution is 2.34. The number of fused-ring (bicyclic) bond motifs is 1. The van der Waals surface area contributed by atoms with Crippen LogP contribution in [0.15, 0.2) is 42.5 Å². The van der Waals surface area contributed by atoms with E-state index in [-0.39, 0.29) is 11.9 Å². The summed E-state index contributed by atoms with van der Waals surface area (Å²) < 4.78 is 18.9. The van der Waals surface area contributed by atoms with E-state index in [2.05, 4.69) is 5.10 Å². The zero-order valence-corrected chi connectivity index (χ0v) is 19.5. The van der Waals surface area contributed by atoms with E-state index < -0.39 is 37.3 Å². The van der Waals surface area contributed by atoms with Crippen molar-refractivity contribution in [1.82, 2.24) is 9.78 Å². The third kappa shape index (κ3) is 4.75. The van der Waals surface area contributed by atoms with Gasteiger partial charge in [-0.05, 0) is 56.5 Å². The zero-order valence-electron chi connectivity index (χ0n) is 19.5. The maximum atomic E-state index is 10.5. The van der Waals surface area contributed by atoms with E-state index in [0.717, 1.165) is 27.8 Å². The molecule has 1 aliphatic heterocycles. The van der Waals surface area contributed by atoms with Gasteiger partial charge in [0.1, 0.15) is 30.2 Å². The Morgan fingerprint density at radius 3 is 2.41 bits per heavy atom. The monoisotopic (exact) mass is 472 g/mol. The first kappa shape index (κ1) is 24.4. The minimum atomic E-state index is -1.53. The fraction of sp³-hybridized carbons (Fsp3) is 0.480. The van der Waals surface area contributed by atoms with Crippen LogP contribution in [-0.2, 0) is 11.2 Å². The van der Waals surface area contributed by atoms with Crippen molar-refractivity contribution in [2.45, 2.75) is 63.9 Å². The fourth-order valence-electron chi connectivity index (χ4n) is 4.21. The Bertz CT molecular complexity index is 1100. The first-order valence-electron chi connectivity index (χ1n) is 11.5. The Balaban J connectivity index is 1.70. The molecule has 1 saturated heterocycles. The second kappa shape index (κ2) is 10.3. The minimum absolute atomic E-state index is 0.0374. The quantitative estimate of drug-likeness (QED) is 0.391. The molecule has 1 fully saturated rings. The highest BCUT2D eigenvalue weighted by molar-refractivity contribution is 5.88. The molecular formula is C25H32N2O7. The van der Waals surface area contributed by atoms with E-state index in [1.807, 2.05) is 67.9 Å². The summed E-state index contributed by atoms with van der Waals surface area (Å²) in [5.74, 6) is 1.05. The summed E-state index contributed by atoms with van der Waals surface area (Å²) in [6.07, 6.45) is -6.27. The molecule has 1 aliphatic rings. The summed E-state index contributed by atoms with van der Waals surface area (Å²) in [7, 11) is 0. The Hall–Kier alpha value is -2.69. The number of rotatable bonds is 8. The lowest BCUT2D eigenvalue weighted by atomic mass is 9.99. The van der Waals surface area contributed by atoms with Gasteiger partial charge in [0.05, 0.1) is 24.1 Å². The number of nitrogens with zero attached hydrogens (tertiary/aromatic N) is 2. The summed E-state index contributed by atoms with van der Waals surface area (Å²) >= 11 is 0. The topological polar surface area (TPSA) is 126 Å². The summed E-state index contributed by atoms with van der Waals surface area (Å²) in [4.78, 5) is 0. The first-order valence-corrected chi connectivity index (χ1v) is 11.5. The number of benzene rings is 2. The molecule has 3 aromatic rings. The highest BCUT2D eigenvalue weighted by atomic mass is 16.7. The molecule has 0 saturated carbocycles. The summed E-state index contributed by atoms with van der Waals surface area (Å²) in [6, 6.07) is 13.8. The Morgan fingerprint density at radius 2 is 1.76 bits per heavy atom. The summed E-state index contributed by atoms with van der Waals surface area (Å²) in [6.45, 7) is 6.02. The molecule has 0 radical (unpaired) electrons. The number of hydrogen-bond acceptors (Lipinski definition) is 8. The van der Waals surface area contributed by atoms with Crippen molar-refractivity contribution in [2.24, 2.45) is 0 Å². The number of ether oxygens (including phenoxy) is 3. The number of aliphatic hydroxyl groups excluding tert-OH is 4. The molecule has 9 heteroatoms. The third-order valence-corrected chi connectivity index (χ3v) is 5.98. The maximum absolute atomic E-state index is 10.5. The van der Waals surface area contributed by atoms with Crippen LogP contribution >= 0.6 is 0 Å². The molecule has 2 heterocycles. The second-order valence-electron chi connectivity index (χ2n) is 8.72. The SMILES string of the molecule is CCOc1ccc(Cc2cccc3c2c(O[C@@H]2O[C@H](CO)[C@@H](O)[C@H](O)[C@H]2O)nn3C(C)C)cc1. The average Bonchev–Trinajstić information content (AvgIpc) is 3.20. The molecule has 0 bridgehead atoms. The van der Waals surface area contributed by atoms with Crippen molar-refractivity contribution in [2.75, 3.05) is 13.2 Å². The molecule has 0 amide bonds. The molecule has 1 aromatic heterocycles. The van der Waals surface area contributed by atoms with Crippen molar-refractivity contribution in [3.8, 4) is 11.6 Å². The molecule has 2 aromatic carbocycles. The van der Waals surface area contributed by atoms with E-state index in [0.29, 0.717) is 13.0 Å². The van der Waals surface area contributed by atoms with Gasteiger partial charge in [-0.2, -0.15) is 0 Å². The number of aromatic nitrogens is 2. The van der Waals surface area contributed by atoms with Gasteiger partial charge in [0, 0.05) is 6.04 Å². The highest BCUT2D eigenvalue weighted by Gasteiger charge is 2.45. The zero-order chi connectivity index (χ0) is 24.4. The van der Waals surface area contributed by atoms with Crippen molar-refractivity contribution < 1.29 is 34.6 Å². The molecular weight excluding hydrogens is 440 g/mol. The Labute approximate surface area is 198 Å².